The summed E-state index contributed by atoms with van der Waals surface area (Å²) < 4.78 is 39.1. The van der Waals surface area contributed by atoms with Gasteiger partial charge in [0.05, 0.1) is 23.5 Å². The molecule has 0 fully saturated rings. The summed E-state index contributed by atoms with van der Waals surface area (Å²) in [6.45, 7) is 0.865. The molecule has 0 radical (unpaired) electrons. The van der Waals surface area contributed by atoms with E-state index < -0.39 is 37.5 Å². The van der Waals surface area contributed by atoms with Crippen LogP contribution in [-0.2, 0) is 30.8 Å². The molecule has 4 aromatic carbocycles. The van der Waals surface area contributed by atoms with Crippen molar-refractivity contribution < 1.29 is 37.2 Å². The van der Waals surface area contributed by atoms with Crippen LogP contribution in [0.3, 0.4) is 0 Å². The predicted octanol–water partition coefficient (Wildman–Crippen LogP) is 5.14. The lowest BCUT2D eigenvalue weighted by Gasteiger charge is -2.21. The SMILES string of the molecule is COCCNC(=O)CCc1ccc(-c2ccc(C(=O)NS(=O)(=O)c3ccc(N[C@@H](CSc4ccccc4)CC(=O)N(C)C)c([N+](=O)[O-])c3)cc2)c(OC)c1. The Bertz CT molecular complexity index is 2040. The van der Waals surface area contributed by atoms with Crippen LogP contribution >= 0.6 is 11.8 Å². The fourth-order valence-electron chi connectivity index (χ4n) is 5.24. The first-order chi connectivity index (χ1) is 25.8. The van der Waals surface area contributed by atoms with Crippen molar-refractivity contribution in [2.75, 3.05) is 52.5 Å². The Kier molecular flexibility index (Phi) is 15.0. The van der Waals surface area contributed by atoms with Gasteiger partial charge in [0.2, 0.25) is 11.8 Å². The van der Waals surface area contributed by atoms with Gasteiger partial charge in [-0.3, -0.25) is 24.5 Å². The molecule has 0 aliphatic rings. The zero-order chi connectivity index (χ0) is 39.3. The van der Waals surface area contributed by atoms with E-state index in [4.69, 9.17) is 9.47 Å². The van der Waals surface area contributed by atoms with Gasteiger partial charge in [0, 0.05) is 74.5 Å². The smallest absolute Gasteiger partial charge is 0.293 e. The summed E-state index contributed by atoms with van der Waals surface area (Å²) in [6.07, 6.45) is 0.826. The molecule has 4 aromatic rings. The van der Waals surface area contributed by atoms with E-state index in [9.17, 15) is 32.9 Å². The molecule has 0 aliphatic carbocycles. The molecule has 3 amide bonds. The average Bonchev–Trinajstić information content (AvgIpc) is 3.16. The minimum Gasteiger partial charge on any atom is -0.496 e. The summed E-state index contributed by atoms with van der Waals surface area (Å²) >= 11 is 1.47. The molecular formula is C38H43N5O9S2. The van der Waals surface area contributed by atoms with E-state index in [-0.39, 0.29) is 29.5 Å². The van der Waals surface area contributed by atoms with E-state index in [2.05, 4.69) is 10.6 Å². The maximum Gasteiger partial charge on any atom is 0.293 e. The lowest BCUT2D eigenvalue weighted by atomic mass is 9.99. The number of nitrogens with zero attached hydrogens (tertiary/aromatic N) is 2. The highest BCUT2D eigenvalue weighted by Crippen LogP contribution is 2.32. The third-order valence-electron chi connectivity index (χ3n) is 8.17. The maximum atomic E-state index is 13.3. The largest absolute Gasteiger partial charge is 0.496 e. The normalized spacial score (nSPS) is 11.6. The number of aryl methyl sites for hydroxylation is 1. The van der Waals surface area contributed by atoms with Crippen LogP contribution in [-0.4, -0.2) is 89.2 Å². The highest BCUT2D eigenvalue weighted by atomic mass is 32.2. The highest BCUT2D eigenvalue weighted by Gasteiger charge is 2.26. The van der Waals surface area contributed by atoms with Crippen molar-refractivity contribution >= 4 is 50.9 Å². The number of rotatable bonds is 19. The Hall–Kier alpha value is -5.45. The van der Waals surface area contributed by atoms with Gasteiger partial charge in [-0.1, -0.05) is 42.5 Å². The Morgan fingerprint density at radius 1 is 0.944 bits per heavy atom. The average molecular weight is 778 g/mol. The third kappa shape index (κ3) is 11.8. The molecule has 14 nitrogen and oxygen atoms in total. The predicted molar refractivity (Wildman–Crippen MR) is 207 cm³/mol. The molecule has 3 N–H and O–H groups in total. The molecule has 4 rings (SSSR count). The summed E-state index contributed by atoms with van der Waals surface area (Å²) in [5.74, 6) is -0.271. The number of nitro benzene ring substituents is 1. The van der Waals surface area contributed by atoms with E-state index in [1.54, 1.807) is 33.3 Å². The number of amides is 3. The first kappa shape index (κ1) is 41.3. The highest BCUT2D eigenvalue weighted by molar-refractivity contribution is 7.99. The number of carbonyl (C=O) groups is 3. The Morgan fingerprint density at radius 3 is 2.31 bits per heavy atom. The number of anilines is 1. The number of carbonyl (C=O) groups excluding carboxylic acids is 3. The van der Waals surface area contributed by atoms with Gasteiger partial charge in [-0.25, -0.2) is 13.1 Å². The molecule has 0 unspecified atom stereocenters. The second kappa shape index (κ2) is 19.6. The van der Waals surface area contributed by atoms with Crippen molar-refractivity contribution in [1.29, 1.82) is 0 Å². The Balaban J connectivity index is 1.46. The van der Waals surface area contributed by atoms with E-state index in [1.165, 1.54) is 42.0 Å². The summed E-state index contributed by atoms with van der Waals surface area (Å²) in [7, 11) is 1.78. The second-order valence-electron chi connectivity index (χ2n) is 12.3. The van der Waals surface area contributed by atoms with Gasteiger partial charge in [-0.15, -0.1) is 11.8 Å². The Morgan fingerprint density at radius 2 is 1.67 bits per heavy atom. The van der Waals surface area contributed by atoms with E-state index >= 15 is 0 Å². The van der Waals surface area contributed by atoms with Crippen molar-refractivity contribution in [1.82, 2.24) is 14.9 Å². The first-order valence-corrected chi connectivity index (χ1v) is 19.3. The zero-order valence-corrected chi connectivity index (χ0v) is 32.0. The van der Waals surface area contributed by atoms with Crippen molar-refractivity contribution in [3.63, 3.8) is 0 Å². The monoisotopic (exact) mass is 777 g/mol. The minimum absolute atomic E-state index is 0.0259. The number of sulfonamides is 1. The molecular weight excluding hydrogens is 735 g/mol. The van der Waals surface area contributed by atoms with Gasteiger partial charge in [0.25, 0.3) is 21.6 Å². The maximum absolute atomic E-state index is 13.3. The number of ether oxygens (including phenoxy) is 2. The van der Waals surface area contributed by atoms with Crippen LogP contribution in [0.15, 0.2) is 101 Å². The summed E-state index contributed by atoms with van der Waals surface area (Å²) in [5.41, 5.74) is 1.84. The van der Waals surface area contributed by atoms with Gasteiger partial charge in [0.1, 0.15) is 11.4 Å². The van der Waals surface area contributed by atoms with Crippen LogP contribution in [0.1, 0.15) is 28.8 Å². The summed E-state index contributed by atoms with van der Waals surface area (Å²) in [5, 5.41) is 18.0. The number of hydrogen-bond acceptors (Lipinski definition) is 11. The molecule has 0 saturated heterocycles. The van der Waals surface area contributed by atoms with Gasteiger partial charge in [-0.2, -0.15) is 0 Å². The number of benzene rings is 4. The van der Waals surface area contributed by atoms with E-state index in [1.807, 2.05) is 53.3 Å². The quantitative estimate of drug-likeness (QED) is 0.0496. The van der Waals surface area contributed by atoms with Crippen molar-refractivity contribution in [3.8, 4) is 16.9 Å². The number of hydrogen-bond donors (Lipinski definition) is 3. The molecule has 0 aliphatic heterocycles. The lowest BCUT2D eigenvalue weighted by molar-refractivity contribution is -0.384. The zero-order valence-electron chi connectivity index (χ0n) is 30.4. The van der Waals surface area contributed by atoms with Crippen LogP contribution in [0.5, 0.6) is 5.75 Å². The summed E-state index contributed by atoms with van der Waals surface area (Å²) in [6, 6.07) is 24.0. The molecule has 16 heteroatoms. The molecule has 54 heavy (non-hydrogen) atoms. The van der Waals surface area contributed by atoms with Gasteiger partial charge in [-0.05, 0) is 60.0 Å². The first-order valence-electron chi connectivity index (χ1n) is 16.8. The number of methoxy groups -OCH3 is 2. The standard InChI is InChI=1S/C38H43N5O9S2/c1-42(2)37(45)23-29(25-53-30-8-6-5-7-9-30)40-33-18-16-31(24-34(33)43(47)48)54(49,50)41-38(46)28-14-12-27(13-15-28)32-17-10-26(22-35(32)52-4)11-19-36(44)39-20-21-51-3/h5-10,12-18,22,24,29,40H,11,19-21,23,25H2,1-4H3,(H,39,44)(H,41,46)/t29-/m1/s1. The molecule has 0 bridgehead atoms. The second-order valence-corrected chi connectivity index (χ2v) is 15.1. The molecule has 0 aromatic heterocycles. The van der Waals surface area contributed by atoms with Crippen molar-refractivity contribution in [2.45, 2.75) is 35.1 Å². The lowest BCUT2D eigenvalue weighted by Crippen LogP contribution is -2.32. The van der Waals surface area contributed by atoms with E-state index in [0.717, 1.165) is 28.2 Å². The third-order valence-corrected chi connectivity index (χ3v) is 10.7. The van der Waals surface area contributed by atoms with Crippen molar-refractivity contribution in [2.24, 2.45) is 0 Å². The minimum atomic E-state index is -4.53. The van der Waals surface area contributed by atoms with Gasteiger partial charge >= 0.3 is 0 Å². The molecule has 0 spiro atoms. The fourth-order valence-corrected chi connectivity index (χ4v) is 7.18. The molecule has 0 saturated carbocycles. The topological polar surface area (TPSA) is 186 Å². The van der Waals surface area contributed by atoms with Crippen LogP contribution in [0.25, 0.3) is 11.1 Å². The van der Waals surface area contributed by atoms with Crippen molar-refractivity contribution in [3.05, 3.63) is 112 Å². The van der Waals surface area contributed by atoms with E-state index in [0.29, 0.717) is 43.1 Å². The number of thioether (sulfide) groups is 1. The Labute approximate surface area is 318 Å². The van der Waals surface area contributed by atoms with Crippen LogP contribution < -0.4 is 20.1 Å². The van der Waals surface area contributed by atoms with Crippen LogP contribution in [0.4, 0.5) is 11.4 Å². The number of nitrogens with one attached hydrogen (secondary N) is 3. The molecule has 1 atom stereocenters. The van der Waals surface area contributed by atoms with Gasteiger partial charge in [0.15, 0.2) is 0 Å². The summed E-state index contributed by atoms with van der Waals surface area (Å²) in [4.78, 5) is 51.1. The number of nitro groups is 1. The van der Waals surface area contributed by atoms with Crippen LogP contribution in [0.2, 0.25) is 0 Å². The van der Waals surface area contributed by atoms with Crippen LogP contribution in [0, 0.1) is 10.1 Å². The fraction of sp³-hybridized carbons (Fsp3) is 0.289. The molecule has 286 valence electrons. The van der Waals surface area contributed by atoms with Gasteiger partial charge < -0.3 is 25.0 Å². The molecule has 0 heterocycles.